The van der Waals surface area contributed by atoms with Crippen LogP contribution in [0.4, 0.5) is 3.89 Å². The fourth-order valence-electron chi connectivity index (χ4n) is 1.46. The van der Waals surface area contributed by atoms with Crippen molar-refractivity contribution in [3.63, 3.8) is 0 Å². The normalized spacial score (nSPS) is 11.1. The molecule has 0 fully saturated rings. The van der Waals surface area contributed by atoms with Crippen molar-refractivity contribution in [3.8, 4) is 6.07 Å². The Morgan fingerprint density at radius 3 is 2.13 bits per heavy atom. The molecule has 0 saturated heterocycles. The standard InChI is InChI=1S/C10H10FNO2S/c1-7-3-9(5-12)4-8(2)10(7)6-15(11,13)14/h3-4H,6H2,1-2H3. The van der Waals surface area contributed by atoms with E-state index in [1.54, 1.807) is 26.0 Å². The van der Waals surface area contributed by atoms with Gasteiger partial charge in [0.2, 0.25) is 0 Å². The lowest BCUT2D eigenvalue weighted by atomic mass is 10.0. The summed E-state index contributed by atoms with van der Waals surface area (Å²) in [6.45, 7) is 3.32. The SMILES string of the molecule is Cc1cc(C#N)cc(C)c1CS(=O)(=O)F. The minimum atomic E-state index is -4.52. The summed E-state index contributed by atoms with van der Waals surface area (Å²) in [7, 11) is -4.52. The average molecular weight is 227 g/mol. The third-order valence-electron chi connectivity index (χ3n) is 2.14. The quantitative estimate of drug-likeness (QED) is 0.726. The highest BCUT2D eigenvalue weighted by Gasteiger charge is 2.14. The third kappa shape index (κ3) is 3.03. The molecule has 15 heavy (non-hydrogen) atoms. The van der Waals surface area contributed by atoms with E-state index < -0.39 is 16.0 Å². The molecule has 0 aliphatic heterocycles. The van der Waals surface area contributed by atoms with Gasteiger partial charge in [0.05, 0.1) is 11.6 Å². The van der Waals surface area contributed by atoms with Crippen molar-refractivity contribution in [2.24, 2.45) is 0 Å². The van der Waals surface area contributed by atoms with E-state index in [2.05, 4.69) is 0 Å². The monoisotopic (exact) mass is 227 g/mol. The van der Waals surface area contributed by atoms with Gasteiger partial charge < -0.3 is 0 Å². The number of hydrogen-bond donors (Lipinski definition) is 0. The van der Waals surface area contributed by atoms with Crippen molar-refractivity contribution in [1.82, 2.24) is 0 Å². The van der Waals surface area contributed by atoms with Gasteiger partial charge in [-0.1, -0.05) is 0 Å². The van der Waals surface area contributed by atoms with Gasteiger partial charge in [-0.3, -0.25) is 0 Å². The van der Waals surface area contributed by atoms with Crippen LogP contribution in [0.1, 0.15) is 22.3 Å². The van der Waals surface area contributed by atoms with Crippen molar-refractivity contribution in [3.05, 3.63) is 34.4 Å². The van der Waals surface area contributed by atoms with Crippen LogP contribution in [0.2, 0.25) is 0 Å². The Hall–Kier alpha value is -1.41. The molecule has 0 heterocycles. The van der Waals surface area contributed by atoms with Crippen molar-refractivity contribution < 1.29 is 12.3 Å². The van der Waals surface area contributed by atoms with Gasteiger partial charge in [-0.25, -0.2) is 0 Å². The number of nitriles is 1. The molecule has 0 atom stereocenters. The highest BCUT2D eigenvalue weighted by Crippen LogP contribution is 2.19. The molecular weight excluding hydrogens is 217 g/mol. The largest absolute Gasteiger partial charge is 0.306 e. The fourth-order valence-corrected chi connectivity index (χ4v) is 2.26. The van der Waals surface area contributed by atoms with Gasteiger partial charge in [0.15, 0.2) is 0 Å². The van der Waals surface area contributed by atoms with Crippen molar-refractivity contribution in [2.45, 2.75) is 19.6 Å². The lowest BCUT2D eigenvalue weighted by molar-refractivity contribution is 0.550. The lowest BCUT2D eigenvalue weighted by Crippen LogP contribution is -2.02. The Morgan fingerprint density at radius 2 is 1.80 bits per heavy atom. The van der Waals surface area contributed by atoms with Gasteiger partial charge in [-0.2, -0.15) is 13.7 Å². The number of hydrogen-bond acceptors (Lipinski definition) is 3. The zero-order chi connectivity index (χ0) is 11.6. The fraction of sp³-hybridized carbons (Fsp3) is 0.300. The molecule has 0 aliphatic carbocycles. The molecule has 0 saturated carbocycles. The highest BCUT2D eigenvalue weighted by molar-refractivity contribution is 7.85. The van der Waals surface area contributed by atoms with E-state index in [1.807, 2.05) is 6.07 Å². The Bertz CT molecular complexity index is 506. The molecular formula is C10H10FNO2S. The van der Waals surface area contributed by atoms with Gasteiger partial charge in [-0.15, -0.1) is 3.89 Å². The van der Waals surface area contributed by atoms with Crippen LogP contribution in [0.5, 0.6) is 0 Å². The van der Waals surface area contributed by atoms with Gasteiger partial charge in [0.25, 0.3) is 0 Å². The molecule has 1 aromatic carbocycles. The minimum absolute atomic E-state index is 0.427. The average Bonchev–Trinajstić information content (AvgIpc) is 2.09. The molecule has 0 aliphatic rings. The molecule has 0 unspecified atom stereocenters. The summed E-state index contributed by atoms with van der Waals surface area (Å²) >= 11 is 0. The van der Waals surface area contributed by atoms with Crippen LogP contribution >= 0.6 is 0 Å². The summed E-state index contributed by atoms with van der Waals surface area (Å²) in [6, 6.07) is 5.05. The summed E-state index contributed by atoms with van der Waals surface area (Å²) < 4.78 is 33.6. The predicted octanol–water partition coefficient (Wildman–Crippen LogP) is 1.97. The topological polar surface area (TPSA) is 57.9 Å². The molecule has 0 amide bonds. The first kappa shape index (κ1) is 11.7. The predicted molar refractivity (Wildman–Crippen MR) is 54.4 cm³/mol. The first-order valence-electron chi connectivity index (χ1n) is 4.26. The maximum atomic E-state index is 12.5. The van der Waals surface area contributed by atoms with Crippen LogP contribution in [-0.4, -0.2) is 8.42 Å². The van der Waals surface area contributed by atoms with Crippen LogP contribution in [-0.2, 0) is 16.0 Å². The second-order valence-electron chi connectivity index (χ2n) is 3.38. The smallest absolute Gasteiger partial charge is 0.194 e. The zero-order valence-corrected chi connectivity index (χ0v) is 9.23. The van der Waals surface area contributed by atoms with Crippen LogP contribution in [0.25, 0.3) is 0 Å². The summed E-state index contributed by atoms with van der Waals surface area (Å²) in [5.41, 5.74) is 2.11. The number of rotatable bonds is 2. The lowest BCUT2D eigenvalue weighted by Gasteiger charge is -2.07. The van der Waals surface area contributed by atoms with E-state index in [-0.39, 0.29) is 0 Å². The molecule has 0 N–H and O–H groups in total. The summed E-state index contributed by atoms with van der Waals surface area (Å²) in [6.07, 6.45) is 0. The first-order valence-corrected chi connectivity index (χ1v) is 5.81. The van der Waals surface area contributed by atoms with E-state index in [0.29, 0.717) is 22.3 Å². The molecule has 1 rings (SSSR count). The van der Waals surface area contributed by atoms with E-state index in [0.717, 1.165) is 0 Å². The number of aryl methyl sites for hydroxylation is 2. The summed E-state index contributed by atoms with van der Waals surface area (Å²) in [5.74, 6) is -0.629. The molecule has 80 valence electrons. The maximum Gasteiger partial charge on any atom is 0.306 e. The van der Waals surface area contributed by atoms with Gasteiger partial charge >= 0.3 is 10.2 Å². The van der Waals surface area contributed by atoms with Crippen LogP contribution in [0, 0.1) is 25.2 Å². The van der Waals surface area contributed by atoms with Crippen LogP contribution in [0.15, 0.2) is 12.1 Å². The zero-order valence-electron chi connectivity index (χ0n) is 8.41. The first-order chi connectivity index (χ1) is 6.83. The van der Waals surface area contributed by atoms with Crippen molar-refractivity contribution in [1.29, 1.82) is 5.26 Å². The van der Waals surface area contributed by atoms with E-state index >= 15 is 0 Å². The second-order valence-corrected chi connectivity index (χ2v) is 4.75. The third-order valence-corrected chi connectivity index (χ3v) is 2.78. The van der Waals surface area contributed by atoms with Crippen molar-refractivity contribution in [2.75, 3.05) is 0 Å². The van der Waals surface area contributed by atoms with E-state index in [9.17, 15) is 12.3 Å². The number of halogens is 1. The Balaban J connectivity index is 3.28. The molecule has 5 heteroatoms. The van der Waals surface area contributed by atoms with Gasteiger partial charge in [0.1, 0.15) is 5.75 Å². The molecule has 0 radical (unpaired) electrons. The van der Waals surface area contributed by atoms with Crippen molar-refractivity contribution >= 4 is 10.2 Å². The molecule has 0 spiro atoms. The molecule has 3 nitrogen and oxygen atoms in total. The highest BCUT2D eigenvalue weighted by atomic mass is 32.3. The molecule has 1 aromatic rings. The number of benzene rings is 1. The van der Waals surface area contributed by atoms with Crippen LogP contribution in [0.3, 0.4) is 0 Å². The molecule has 0 aromatic heterocycles. The Morgan fingerprint density at radius 1 is 1.33 bits per heavy atom. The van der Waals surface area contributed by atoms with Gasteiger partial charge in [-0.05, 0) is 42.7 Å². The van der Waals surface area contributed by atoms with E-state index in [1.165, 1.54) is 0 Å². The second kappa shape index (κ2) is 3.99. The van der Waals surface area contributed by atoms with Gasteiger partial charge in [0, 0.05) is 0 Å². The Labute approximate surface area is 88.4 Å². The summed E-state index contributed by atoms with van der Waals surface area (Å²) in [4.78, 5) is 0. The Kier molecular flexibility index (Phi) is 3.10. The summed E-state index contributed by atoms with van der Waals surface area (Å²) in [5, 5.41) is 8.67. The molecule has 0 bridgehead atoms. The van der Waals surface area contributed by atoms with Crippen LogP contribution < -0.4 is 0 Å². The maximum absolute atomic E-state index is 12.5. The number of nitrogens with zero attached hydrogens (tertiary/aromatic N) is 1. The van der Waals surface area contributed by atoms with E-state index in [4.69, 9.17) is 5.26 Å². The minimum Gasteiger partial charge on any atom is -0.194 e.